The molecule has 0 fully saturated rings. The van der Waals surface area contributed by atoms with Gasteiger partial charge in [-0.1, -0.05) is 12.2 Å². The molecule has 0 aromatic carbocycles. The number of methoxy groups -OCH3 is 2. The number of rotatable bonds is 10. The van der Waals surface area contributed by atoms with E-state index in [9.17, 15) is 14.4 Å². The molecule has 0 spiro atoms. The largest absolute Gasteiger partial charge is 0.469 e. The molecular weight excluding hydrogens is 412 g/mol. The quantitative estimate of drug-likeness (QED) is 0.242. The van der Waals surface area contributed by atoms with Gasteiger partial charge in [-0.3, -0.25) is 4.79 Å². The summed E-state index contributed by atoms with van der Waals surface area (Å²) in [5.74, 6) is -0.0650. The molecule has 0 atom stereocenters. The summed E-state index contributed by atoms with van der Waals surface area (Å²) in [6.45, 7) is 6.09. The van der Waals surface area contributed by atoms with Crippen molar-refractivity contribution in [1.82, 2.24) is 15.3 Å². The van der Waals surface area contributed by atoms with Crippen LogP contribution in [0.4, 0.5) is 10.6 Å². The molecule has 1 aromatic rings. The maximum atomic E-state index is 11.7. The third-order valence-corrected chi connectivity index (χ3v) is 4.19. The molecule has 0 aliphatic rings. The number of nitrogens with zero attached hydrogens (tertiary/aromatic N) is 2. The van der Waals surface area contributed by atoms with E-state index in [2.05, 4.69) is 30.1 Å². The standard InChI is InChI=1S/C19H28N4O6S/c1-19(2,3)29-18(26)21-10-7-6-9-20-15-16(30-11-8-14(24)27-4)23-13(12-22-15)17(25)28-5/h6-7,12H,8-11H2,1-5H3,(H,20,22)(H,21,26)/b7-6+. The fourth-order valence-corrected chi connectivity index (χ4v) is 2.80. The van der Waals surface area contributed by atoms with Crippen LogP contribution in [0, 0.1) is 0 Å². The molecule has 2 N–H and O–H groups in total. The first-order valence-electron chi connectivity index (χ1n) is 9.17. The second-order valence-electron chi connectivity index (χ2n) is 6.81. The lowest BCUT2D eigenvalue weighted by Crippen LogP contribution is -2.32. The Morgan fingerprint density at radius 1 is 1.13 bits per heavy atom. The maximum absolute atomic E-state index is 11.7. The second-order valence-corrected chi connectivity index (χ2v) is 7.89. The van der Waals surface area contributed by atoms with Gasteiger partial charge in [0.05, 0.1) is 26.8 Å². The first kappa shape index (κ1) is 25.2. The van der Waals surface area contributed by atoms with E-state index in [-0.39, 0.29) is 18.1 Å². The SMILES string of the molecule is COC(=O)CCSc1nc(C(=O)OC)cnc1NC/C=C/CNC(=O)OC(C)(C)C. The maximum Gasteiger partial charge on any atom is 0.407 e. The van der Waals surface area contributed by atoms with Crippen LogP contribution in [0.3, 0.4) is 0 Å². The molecule has 30 heavy (non-hydrogen) atoms. The molecule has 0 bridgehead atoms. The summed E-state index contributed by atoms with van der Waals surface area (Å²) in [4.78, 5) is 43.0. The van der Waals surface area contributed by atoms with Gasteiger partial charge in [-0.15, -0.1) is 11.8 Å². The lowest BCUT2D eigenvalue weighted by atomic mass is 10.2. The molecule has 10 nitrogen and oxygen atoms in total. The number of esters is 2. The lowest BCUT2D eigenvalue weighted by molar-refractivity contribution is -0.140. The van der Waals surface area contributed by atoms with Gasteiger partial charge in [0.1, 0.15) is 10.6 Å². The Hall–Kier alpha value is -2.82. The number of anilines is 1. The van der Waals surface area contributed by atoms with Crippen LogP contribution in [-0.4, -0.2) is 66.7 Å². The molecule has 166 valence electrons. The van der Waals surface area contributed by atoms with Gasteiger partial charge in [-0.2, -0.15) is 0 Å². The van der Waals surface area contributed by atoms with Gasteiger partial charge in [0.15, 0.2) is 11.5 Å². The van der Waals surface area contributed by atoms with Crippen molar-refractivity contribution in [3.63, 3.8) is 0 Å². The van der Waals surface area contributed by atoms with Crippen molar-refractivity contribution in [2.45, 2.75) is 37.8 Å². The van der Waals surface area contributed by atoms with Crippen LogP contribution < -0.4 is 10.6 Å². The number of hydrogen-bond donors (Lipinski definition) is 2. The molecular formula is C19H28N4O6S. The summed E-state index contributed by atoms with van der Waals surface area (Å²) in [7, 11) is 2.58. The zero-order valence-corrected chi connectivity index (χ0v) is 18.6. The van der Waals surface area contributed by atoms with Crippen molar-refractivity contribution in [3.8, 4) is 0 Å². The van der Waals surface area contributed by atoms with Crippen LogP contribution in [0.1, 0.15) is 37.7 Å². The Labute approximate surface area is 180 Å². The number of hydrogen-bond acceptors (Lipinski definition) is 10. The van der Waals surface area contributed by atoms with Crippen LogP contribution >= 0.6 is 11.8 Å². The van der Waals surface area contributed by atoms with Gasteiger partial charge in [0.25, 0.3) is 0 Å². The molecule has 0 aliphatic heterocycles. The molecule has 1 aromatic heterocycles. The first-order valence-corrected chi connectivity index (χ1v) is 10.2. The van der Waals surface area contributed by atoms with Crippen LogP contribution in [0.5, 0.6) is 0 Å². The molecule has 11 heteroatoms. The van der Waals surface area contributed by atoms with Crippen LogP contribution in [-0.2, 0) is 19.0 Å². The molecule has 0 unspecified atom stereocenters. The van der Waals surface area contributed by atoms with Crippen molar-refractivity contribution in [2.24, 2.45) is 0 Å². The second kappa shape index (κ2) is 12.7. The van der Waals surface area contributed by atoms with Gasteiger partial charge in [0, 0.05) is 18.8 Å². The summed E-state index contributed by atoms with van der Waals surface area (Å²) in [5.41, 5.74) is -0.479. The van der Waals surface area contributed by atoms with E-state index < -0.39 is 17.7 Å². The van der Waals surface area contributed by atoms with Gasteiger partial charge in [-0.05, 0) is 20.8 Å². The monoisotopic (exact) mass is 440 g/mol. The highest BCUT2D eigenvalue weighted by Gasteiger charge is 2.15. The first-order chi connectivity index (χ1) is 14.2. The summed E-state index contributed by atoms with van der Waals surface area (Å²) in [5, 5.41) is 6.16. The lowest BCUT2D eigenvalue weighted by Gasteiger charge is -2.19. The predicted octanol–water partition coefficient (Wildman–Crippen LogP) is 2.41. The van der Waals surface area contributed by atoms with Gasteiger partial charge in [-0.25, -0.2) is 19.6 Å². The van der Waals surface area contributed by atoms with Crippen LogP contribution in [0.15, 0.2) is 23.4 Å². The van der Waals surface area contributed by atoms with E-state index in [1.165, 1.54) is 32.2 Å². The minimum atomic E-state index is -0.600. The zero-order chi connectivity index (χ0) is 22.6. The van der Waals surface area contributed by atoms with Crippen molar-refractivity contribution >= 4 is 35.6 Å². The number of aromatic nitrogens is 2. The number of nitrogens with one attached hydrogen (secondary N) is 2. The van der Waals surface area contributed by atoms with E-state index >= 15 is 0 Å². The smallest absolute Gasteiger partial charge is 0.407 e. The van der Waals surface area contributed by atoms with Crippen LogP contribution in [0.25, 0.3) is 0 Å². The van der Waals surface area contributed by atoms with Crippen LogP contribution in [0.2, 0.25) is 0 Å². The van der Waals surface area contributed by atoms with Crippen molar-refractivity contribution in [2.75, 3.05) is 38.4 Å². The number of amides is 1. The van der Waals surface area contributed by atoms with E-state index in [1.54, 1.807) is 32.9 Å². The van der Waals surface area contributed by atoms with E-state index in [0.29, 0.717) is 29.7 Å². The normalized spacial score (nSPS) is 11.1. The third-order valence-electron chi connectivity index (χ3n) is 3.22. The Morgan fingerprint density at radius 3 is 2.47 bits per heavy atom. The van der Waals surface area contributed by atoms with Crippen molar-refractivity contribution in [1.29, 1.82) is 0 Å². The summed E-state index contributed by atoms with van der Waals surface area (Å²) in [6, 6.07) is 0. The number of carbonyl (C=O) groups is 3. The zero-order valence-electron chi connectivity index (χ0n) is 17.8. The Kier molecular flexibility index (Phi) is 10.7. The third kappa shape index (κ3) is 10.1. The number of ether oxygens (including phenoxy) is 3. The number of carbonyl (C=O) groups excluding carboxylic acids is 3. The minimum absolute atomic E-state index is 0.0701. The molecule has 1 rings (SSSR count). The highest BCUT2D eigenvalue weighted by molar-refractivity contribution is 7.99. The fourth-order valence-electron chi connectivity index (χ4n) is 1.91. The number of thioether (sulfide) groups is 1. The summed E-state index contributed by atoms with van der Waals surface area (Å²) in [6.07, 6.45) is 4.58. The molecule has 1 amide bonds. The minimum Gasteiger partial charge on any atom is -0.469 e. The van der Waals surface area contributed by atoms with Gasteiger partial charge in [0.2, 0.25) is 0 Å². The fraction of sp³-hybridized carbons (Fsp3) is 0.526. The van der Waals surface area contributed by atoms with E-state index in [4.69, 9.17) is 4.74 Å². The Morgan fingerprint density at radius 2 is 1.83 bits per heavy atom. The summed E-state index contributed by atoms with van der Waals surface area (Å²) < 4.78 is 14.4. The molecule has 0 aliphatic carbocycles. The van der Waals surface area contributed by atoms with Gasteiger partial charge >= 0.3 is 18.0 Å². The Bertz CT molecular complexity index is 764. The predicted molar refractivity (Wildman–Crippen MR) is 113 cm³/mol. The van der Waals surface area contributed by atoms with E-state index in [1.807, 2.05) is 0 Å². The highest BCUT2D eigenvalue weighted by atomic mass is 32.2. The molecule has 0 saturated heterocycles. The summed E-state index contributed by atoms with van der Waals surface area (Å²) >= 11 is 1.27. The molecule has 1 heterocycles. The number of alkyl carbamates (subject to hydrolysis) is 1. The topological polar surface area (TPSA) is 129 Å². The average molecular weight is 441 g/mol. The van der Waals surface area contributed by atoms with Crippen molar-refractivity contribution < 1.29 is 28.6 Å². The molecule has 0 saturated carbocycles. The Balaban J connectivity index is 2.62. The van der Waals surface area contributed by atoms with E-state index in [0.717, 1.165) is 0 Å². The molecule has 0 radical (unpaired) electrons. The van der Waals surface area contributed by atoms with Gasteiger partial charge < -0.3 is 24.8 Å². The average Bonchev–Trinajstić information content (AvgIpc) is 2.69. The highest BCUT2D eigenvalue weighted by Crippen LogP contribution is 2.24. The van der Waals surface area contributed by atoms with Crippen molar-refractivity contribution in [3.05, 3.63) is 24.0 Å².